The van der Waals surface area contributed by atoms with Crippen LogP contribution in [-0.2, 0) is 39.5 Å². The van der Waals surface area contributed by atoms with Gasteiger partial charge in [0.05, 0.1) is 0 Å². The summed E-state index contributed by atoms with van der Waals surface area (Å²) in [4.78, 5) is 0. The summed E-state index contributed by atoms with van der Waals surface area (Å²) in [5.74, 6) is 0. The molecule has 0 heterocycles. The molecule has 0 saturated carbocycles. The van der Waals surface area contributed by atoms with E-state index in [1.807, 2.05) is 13.8 Å². The summed E-state index contributed by atoms with van der Waals surface area (Å²) in [6.07, 6.45) is -0.962. The summed E-state index contributed by atoms with van der Waals surface area (Å²) in [6.45, 7) is 8.34. The van der Waals surface area contributed by atoms with E-state index >= 15 is 0 Å². The first kappa shape index (κ1) is 20.3. The molecule has 0 bridgehead atoms. The van der Waals surface area contributed by atoms with Crippen molar-refractivity contribution in [3.63, 3.8) is 0 Å². The van der Waals surface area contributed by atoms with E-state index in [4.69, 9.17) is 23.0 Å². The average Bonchev–Trinajstić information content (AvgIpc) is 2.37. The van der Waals surface area contributed by atoms with Gasteiger partial charge in [-0.25, -0.2) is 0 Å². The molecule has 0 radical (unpaired) electrons. The number of hydrogen-bond acceptors (Lipinski definition) is 6. The van der Waals surface area contributed by atoms with Crippen LogP contribution >= 0.6 is 0 Å². The summed E-state index contributed by atoms with van der Waals surface area (Å²) in [5.41, 5.74) is 0. The summed E-state index contributed by atoms with van der Waals surface area (Å²) < 4.78 is 40.0. The van der Waals surface area contributed by atoms with Crippen LogP contribution in [0.4, 0.5) is 0 Å². The quantitative estimate of drug-likeness (QED) is 0.500. The summed E-state index contributed by atoms with van der Waals surface area (Å²) in [7, 11) is 0. The van der Waals surface area contributed by atoms with Gasteiger partial charge in [-0.15, -0.1) is 0 Å². The van der Waals surface area contributed by atoms with Crippen LogP contribution in [0.1, 0.15) is 27.7 Å². The first-order valence-corrected chi connectivity index (χ1v) is 8.67. The molecule has 0 amide bonds. The van der Waals surface area contributed by atoms with Crippen LogP contribution in [-0.4, -0.2) is 59.6 Å². The van der Waals surface area contributed by atoms with Gasteiger partial charge in [0.15, 0.2) is 0 Å². The van der Waals surface area contributed by atoms with E-state index in [9.17, 15) is 3.32 Å². The van der Waals surface area contributed by atoms with Gasteiger partial charge in [-0.1, -0.05) is 0 Å². The molecule has 0 rings (SSSR count). The van der Waals surface area contributed by atoms with E-state index in [1.165, 1.54) is 0 Å². The fraction of sp³-hybridized carbons (Fsp3) is 1.00. The van der Waals surface area contributed by atoms with Crippen molar-refractivity contribution in [3.8, 4) is 0 Å². The maximum absolute atomic E-state index is 10.4. The van der Waals surface area contributed by atoms with Crippen LogP contribution in [0.2, 0.25) is 0 Å². The van der Waals surface area contributed by atoms with E-state index in [0.717, 1.165) is 0 Å². The van der Waals surface area contributed by atoms with Gasteiger partial charge >= 0.3 is 115 Å². The van der Waals surface area contributed by atoms with Crippen molar-refractivity contribution in [1.29, 1.82) is 0 Å². The van der Waals surface area contributed by atoms with E-state index in [2.05, 4.69) is 3.32 Å². The third-order valence-corrected chi connectivity index (χ3v) is 2.94. The van der Waals surface area contributed by atoms with Crippen molar-refractivity contribution >= 4 is 0 Å². The molecule has 4 unspecified atom stereocenters. The van der Waals surface area contributed by atoms with Crippen molar-refractivity contribution in [2.45, 2.75) is 52.1 Å². The second-order valence-corrected chi connectivity index (χ2v) is 6.14. The summed E-state index contributed by atoms with van der Waals surface area (Å²) in [6, 6.07) is 0. The zero-order valence-electron chi connectivity index (χ0n) is 12.6. The fourth-order valence-electron chi connectivity index (χ4n) is 1.24. The van der Waals surface area contributed by atoms with Gasteiger partial charge in [0, 0.05) is 0 Å². The van der Waals surface area contributed by atoms with E-state index in [1.54, 1.807) is 13.8 Å². The van der Waals surface area contributed by atoms with Crippen molar-refractivity contribution in [2.75, 3.05) is 26.4 Å². The van der Waals surface area contributed by atoms with Gasteiger partial charge in [0.1, 0.15) is 0 Å². The first-order chi connectivity index (χ1) is 9.31. The van der Waals surface area contributed by atoms with Crippen molar-refractivity contribution < 1.29 is 48.3 Å². The zero-order valence-corrected chi connectivity index (χ0v) is 14.1. The Morgan fingerprint density at radius 3 is 1.65 bits per heavy atom. The Labute approximate surface area is 127 Å². The number of rotatable bonds is 12. The molecule has 7 nitrogen and oxygen atoms in total. The SMILES string of the molecule is CC(O)COC(C)COC(C)COC(C)C[O][Ti](=[O])[OH]. The minimum atomic E-state index is -3.46. The van der Waals surface area contributed by atoms with Crippen LogP contribution < -0.4 is 0 Å². The molecule has 0 aliphatic rings. The van der Waals surface area contributed by atoms with Crippen LogP contribution in [0.5, 0.6) is 0 Å². The minimum absolute atomic E-state index is 0.101. The molecule has 4 atom stereocenters. The van der Waals surface area contributed by atoms with Crippen LogP contribution in [0.25, 0.3) is 0 Å². The summed E-state index contributed by atoms with van der Waals surface area (Å²) in [5, 5.41) is 9.08. The molecule has 0 aliphatic carbocycles. The maximum atomic E-state index is 10.4. The topological polar surface area (TPSA) is 94.5 Å². The second-order valence-electron chi connectivity index (χ2n) is 4.86. The Balaban J connectivity index is 3.62. The number of ether oxygens (including phenoxy) is 3. The van der Waals surface area contributed by atoms with Crippen molar-refractivity contribution in [2.24, 2.45) is 0 Å². The molecule has 0 saturated heterocycles. The average molecular weight is 330 g/mol. The standard InChI is InChI=1S/C12H25O5.H2O.O.Ti/c1-9(14)6-15-11(3)8-17-12(4)7-16-10(2)5-13;;;/h9-12,14H,5-8H2,1-4H3;1H2;;/q-1;;;+2/p-1. The van der Waals surface area contributed by atoms with Gasteiger partial charge in [-0.3, -0.25) is 0 Å². The molecular formula is C12H26O7Ti. The van der Waals surface area contributed by atoms with Crippen molar-refractivity contribution in [1.82, 2.24) is 0 Å². The molecule has 20 heavy (non-hydrogen) atoms. The Hall–Kier alpha value is 0.274. The Kier molecular flexibility index (Phi) is 12.0. The molecular weight excluding hydrogens is 304 g/mol. The molecule has 0 aromatic rings. The first-order valence-electron chi connectivity index (χ1n) is 6.69. The monoisotopic (exact) mass is 330 g/mol. The number of hydrogen-bond donors (Lipinski definition) is 2. The van der Waals surface area contributed by atoms with E-state index < -0.39 is 24.7 Å². The summed E-state index contributed by atoms with van der Waals surface area (Å²) >= 11 is -3.46. The zero-order chi connectivity index (χ0) is 15.5. The molecule has 0 aromatic carbocycles. The Morgan fingerprint density at radius 1 is 0.850 bits per heavy atom. The normalized spacial score (nSPS) is 17.5. The third kappa shape index (κ3) is 13.3. The van der Waals surface area contributed by atoms with Crippen LogP contribution in [0.15, 0.2) is 0 Å². The molecule has 0 fully saturated rings. The number of aliphatic hydroxyl groups excluding tert-OH is 1. The van der Waals surface area contributed by atoms with Crippen LogP contribution in [0, 0.1) is 0 Å². The molecule has 0 spiro atoms. The van der Waals surface area contributed by atoms with Crippen LogP contribution in [0.3, 0.4) is 0 Å². The van der Waals surface area contributed by atoms with E-state index in [-0.39, 0.29) is 31.5 Å². The van der Waals surface area contributed by atoms with E-state index in [0.29, 0.717) is 13.2 Å². The van der Waals surface area contributed by atoms with Crippen molar-refractivity contribution in [3.05, 3.63) is 0 Å². The van der Waals surface area contributed by atoms with Gasteiger partial charge in [0.2, 0.25) is 0 Å². The van der Waals surface area contributed by atoms with Gasteiger partial charge in [-0.05, 0) is 6.92 Å². The predicted octanol–water partition coefficient (Wildman–Crippen LogP) is 0.385. The van der Waals surface area contributed by atoms with Gasteiger partial charge < -0.3 is 5.11 Å². The molecule has 0 aromatic heterocycles. The molecule has 2 N–H and O–H groups in total. The fourth-order valence-corrected chi connectivity index (χ4v) is 1.83. The third-order valence-electron chi connectivity index (χ3n) is 2.29. The predicted molar refractivity (Wildman–Crippen MR) is 66.8 cm³/mol. The Morgan fingerprint density at radius 2 is 1.25 bits per heavy atom. The molecule has 8 heteroatoms. The number of aliphatic hydroxyl groups is 1. The van der Waals surface area contributed by atoms with Gasteiger partial charge in [0.25, 0.3) is 0 Å². The Bertz CT molecular complexity index is 262. The molecule has 120 valence electrons. The molecule has 0 aliphatic heterocycles. The second kappa shape index (κ2) is 11.9. The van der Waals surface area contributed by atoms with Gasteiger partial charge in [-0.2, -0.15) is 0 Å².